The third-order valence-electron chi connectivity index (χ3n) is 14.0. The monoisotopic (exact) mass is 866 g/mol. The molecule has 0 spiro atoms. The molecule has 1 aliphatic carbocycles. The van der Waals surface area contributed by atoms with Crippen molar-refractivity contribution in [3.05, 3.63) is 247 Å². The van der Waals surface area contributed by atoms with Crippen LogP contribution in [0.15, 0.2) is 234 Å². The average Bonchev–Trinajstić information content (AvgIpc) is 4.01. The predicted molar refractivity (Wildman–Crippen MR) is 281 cm³/mol. The molecule has 0 saturated heterocycles. The minimum Gasteiger partial charge on any atom is -0.454 e. The molecule has 13 rings (SSSR count). The van der Waals surface area contributed by atoms with Crippen LogP contribution >= 0.6 is 10.0 Å². The molecule has 0 unspecified atom stereocenters. The fourth-order valence-corrected chi connectivity index (χ4v) is 12.0. The summed E-state index contributed by atoms with van der Waals surface area (Å²) in [7, 11) is -0.978. The number of hydrogen-bond acceptors (Lipinski definition) is 2. The van der Waals surface area contributed by atoms with Gasteiger partial charge in [0.2, 0.25) is 0 Å². The quantitative estimate of drug-likeness (QED) is 0.159. The molecule has 316 valence electrons. The minimum absolute atomic E-state index is 0.618. The van der Waals surface area contributed by atoms with Crippen LogP contribution in [0.3, 0.4) is 0 Å². The largest absolute Gasteiger partial charge is 0.454 e. The Bertz CT molecular complexity index is 3820. The summed E-state index contributed by atoms with van der Waals surface area (Å²) in [5.74, 6) is 0. The molecule has 2 heterocycles. The first-order valence-electron chi connectivity index (χ1n) is 22.7. The van der Waals surface area contributed by atoms with Gasteiger partial charge >= 0.3 is 0 Å². The number of anilines is 3. The third-order valence-corrected chi connectivity index (χ3v) is 15.7. The molecule has 4 heteroatoms. The summed E-state index contributed by atoms with van der Waals surface area (Å²) in [5, 5.41) is 7.11. The van der Waals surface area contributed by atoms with E-state index in [1.54, 1.807) is 0 Å². The van der Waals surface area contributed by atoms with Gasteiger partial charge in [0.25, 0.3) is 0 Å². The van der Waals surface area contributed by atoms with E-state index in [0.717, 1.165) is 50.2 Å². The van der Waals surface area contributed by atoms with Crippen LogP contribution in [0.5, 0.6) is 0 Å². The van der Waals surface area contributed by atoms with Gasteiger partial charge in [0.15, 0.2) is 5.58 Å². The maximum atomic E-state index is 7.23. The zero-order chi connectivity index (χ0) is 44.1. The minimum atomic E-state index is -0.978. The molecule has 0 atom stereocenters. The van der Waals surface area contributed by atoms with E-state index in [1.165, 1.54) is 65.3 Å². The van der Waals surface area contributed by atoms with Crippen LogP contribution in [-0.2, 0) is 5.41 Å². The number of hydrogen-bond donors (Lipinski definition) is 0. The second-order valence-corrected chi connectivity index (χ2v) is 22.5. The Kier molecular flexibility index (Phi) is 8.56. The van der Waals surface area contributed by atoms with Crippen molar-refractivity contribution < 1.29 is 4.42 Å². The fourth-order valence-electron chi connectivity index (χ4n) is 11.1. The molecule has 0 bridgehead atoms. The molecule has 0 radical (unpaired) electrons. The Morgan fingerprint density at radius 3 is 1.85 bits per heavy atom. The van der Waals surface area contributed by atoms with Crippen LogP contribution in [0.4, 0.5) is 17.1 Å². The van der Waals surface area contributed by atoms with Crippen molar-refractivity contribution >= 4 is 81.6 Å². The van der Waals surface area contributed by atoms with Crippen molar-refractivity contribution in [3.8, 4) is 16.8 Å². The molecule has 66 heavy (non-hydrogen) atoms. The highest BCUT2D eigenvalue weighted by Gasteiger charge is 2.48. The van der Waals surface area contributed by atoms with Crippen LogP contribution in [0.25, 0.3) is 71.3 Å². The lowest BCUT2D eigenvalue weighted by Crippen LogP contribution is -2.28. The van der Waals surface area contributed by atoms with Gasteiger partial charge in [-0.15, -0.1) is 0 Å². The van der Waals surface area contributed by atoms with E-state index in [2.05, 4.69) is 253 Å². The first kappa shape index (κ1) is 38.6. The molecule has 10 aromatic carbocycles. The maximum absolute atomic E-state index is 7.23. The van der Waals surface area contributed by atoms with Crippen molar-refractivity contribution in [2.45, 2.75) is 10.3 Å². The van der Waals surface area contributed by atoms with Gasteiger partial charge in [-0.25, -0.2) is 10.0 Å². The van der Waals surface area contributed by atoms with E-state index in [-0.39, 0.29) is 0 Å². The van der Waals surface area contributed by atoms with Gasteiger partial charge in [0.05, 0.1) is 22.1 Å². The normalized spacial score (nSPS) is 13.4. The zero-order valence-electron chi connectivity index (χ0n) is 37.1. The van der Waals surface area contributed by atoms with Crippen molar-refractivity contribution in [3.63, 3.8) is 0 Å². The second-order valence-electron chi connectivity index (χ2n) is 18.4. The highest BCUT2D eigenvalue weighted by atomic mass is 32.3. The van der Waals surface area contributed by atoms with Gasteiger partial charge in [-0.05, 0) is 135 Å². The smallest absolute Gasteiger partial charge is 0.160 e. The lowest BCUT2D eigenvalue weighted by atomic mass is 9.67. The highest BCUT2D eigenvalue weighted by Crippen LogP contribution is 2.61. The van der Waals surface area contributed by atoms with Gasteiger partial charge < -0.3 is 13.9 Å². The Hall–Kier alpha value is -7.79. The second kappa shape index (κ2) is 14.6. The third kappa shape index (κ3) is 5.65. The highest BCUT2D eigenvalue weighted by molar-refractivity contribution is 8.32. The molecule has 0 aliphatic heterocycles. The van der Waals surface area contributed by atoms with E-state index in [4.69, 9.17) is 4.42 Å². The molecule has 0 N–H and O–H groups in total. The maximum Gasteiger partial charge on any atom is 0.160 e. The van der Waals surface area contributed by atoms with E-state index in [0.29, 0.717) is 0 Å². The number of aromatic nitrogens is 1. The summed E-state index contributed by atoms with van der Waals surface area (Å²) in [4.78, 5) is 3.82. The van der Waals surface area contributed by atoms with Crippen LogP contribution in [0, 0.1) is 0 Å². The molecule has 0 saturated carbocycles. The zero-order valence-corrected chi connectivity index (χ0v) is 37.9. The Morgan fingerprint density at radius 2 is 1.09 bits per heavy atom. The average molecular weight is 867 g/mol. The summed E-state index contributed by atoms with van der Waals surface area (Å²) in [6, 6.07) is 82.9. The fraction of sp³-hybridized carbons (Fsp3) is 0.0645. The summed E-state index contributed by atoms with van der Waals surface area (Å²) < 4.78 is 9.67. The van der Waals surface area contributed by atoms with Crippen molar-refractivity contribution in [1.29, 1.82) is 0 Å². The first-order valence-corrected chi connectivity index (χ1v) is 25.5. The summed E-state index contributed by atoms with van der Waals surface area (Å²) >= 11 is 0. The molecule has 0 amide bonds. The topological polar surface area (TPSA) is 21.3 Å². The van der Waals surface area contributed by atoms with E-state index < -0.39 is 15.4 Å². The predicted octanol–water partition coefficient (Wildman–Crippen LogP) is 16.7. The molecule has 12 aromatic rings. The van der Waals surface area contributed by atoms with Gasteiger partial charge in [-0.2, -0.15) is 0 Å². The van der Waals surface area contributed by atoms with Crippen LogP contribution in [0.2, 0.25) is 0 Å². The SMILES string of the molecule is CS(C)(C)c1ccc(N(c2ccc3c4ccccc4n(-c4ccc5ccccc5c4)c3c2)c2cc3c(c4c2oc2ccccc24)-c2ccccc2C3(c2ccccc2)c2ccccc2)cc1. The number of para-hydroxylation sites is 2. The van der Waals surface area contributed by atoms with Crippen molar-refractivity contribution in [2.75, 3.05) is 23.7 Å². The van der Waals surface area contributed by atoms with Gasteiger partial charge in [0, 0.05) is 38.6 Å². The Labute approximate surface area is 386 Å². The molecule has 0 fully saturated rings. The van der Waals surface area contributed by atoms with Crippen LogP contribution in [-0.4, -0.2) is 23.3 Å². The number of benzene rings is 10. The number of rotatable bonds is 7. The van der Waals surface area contributed by atoms with Crippen LogP contribution < -0.4 is 4.90 Å². The molecular weight excluding hydrogens is 821 g/mol. The molecule has 3 nitrogen and oxygen atoms in total. The Morgan fingerprint density at radius 1 is 0.470 bits per heavy atom. The molecule has 2 aromatic heterocycles. The lowest BCUT2D eigenvalue weighted by Gasteiger charge is -2.35. The summed E-state index contributed by atoms with van der Waals surface area (Å²) in [5.41, 5.74) is 15.1. The number of nitrogens with zero attached hydrogens (tertiary/aromatic N) is 2. The summed E-state index contributed by atoms with van der Waals surface area (Å²) in [6.07, 6.45) is 7.09. The number of furan rings is 1. The standard InChI is InChI=1S/C62H46N2OS/c1-66(2,3)48-35-32-45(33-36-48)63(47-34-37-50-49-24-13-16-28-55(49)64(56(50)39-47)46-31-30-41-18-10-11-19-42(41)38-46)57-40-54-59(60-52-26-14-17-29-58(52)65-61(57)60)51-25-12-15-27-53(51)62(54,43-20-6-4-7-21-43)44-22-8-5-9-23-44/h4-40H,1-3H3. The Balaban J connectivity index is 1.17. The summed E-state index contributed by atoms with van der Waals surface area (Å²) in [6.45, 7) is 0. The van der Waals surface area contributed by atoms with Crippen molar-refractivity contribution in [2.24, 2.45) is 0 Å². The van der Waals surface area contributed by atoms with Crippen molar-refractivity contribution in [1.82, 2.24) is 4.57 Å². The lowest BCUT2D eigenvalue weighted by molar-refractivity contribution is 0.668. The van der Waals surface area contributed by atoms with Gasteiger partial charge in [0.1, 0.15) is 5.58 Å². The number of fused-ring (bicyclic) bond motifs is 11. The van der Waals surface area contributed by atoms with Gasteiger partial charge in [-0.3, -0.25) is 0 Å². The van der Waals surface area contributed by atoms with E-state index >= 15 is 0 Å². The van der Waals surface area contributed by atoms with Crippen LogP contribution in [0.1, 0.15) is 22.3 Å². The molecular formula is C62H46N2OS. The molecule has 1 aliphatic rings. The van der Waals surface area contributed by atoms with E-state index in [1.807, 2.05) is 0 Å². The van der Waals surface area contributed by atoms with E-state index in [9.17, 15) is 0 Å². The van der Waals surface area contributed by atoms with Gasteiger partial charge in [-0.1, -0.05) is 158 Å². The first-order chi connectivity index (χ1) is 32.4.